The molecule has 0 spiro atoms. The monoisotopic (exact) mass is 918 g/mol. The number of carbonyl (C=O) groups excluding carboxylic acids is 4. The molecule has 13 heteroatoms. The molecule has 8 rings (SSSR count). The normalized spacial score (nSPS) is 38.0. The van der Waals surface area contributed by atoms with Gasteiger partial charge in [0.2, 0.25) is 5.91 Å². The molecule has 10 atom stereocenters. The summed E-state index contributed by atoms with van der Waals surface area (Å²) in [4.78, 5) is 70.1. The smallest absolute Gasteiger partial charge is 0.309 e. The molecular formula is C52H75N3O9S. The number of rotatable bonds is 9. The Bertz CT molecular complexity index is 2300. The Morgan fingerprint density at radius 1 is 0.815 bits per heavy atom. The van der Waals surface area contributed by atoms with Gasteiger partial charge in [-0.15, -0.1) is 0 Å². The topological polar surface area (TPSA) is 176 Å². The Kier molecular flexibility index (Phi) is 11.5. The number of benzene rings is 1. The molecule has 7 aliphatic rings. The van der Waals surface area contributed by atoms with Gasteiger partial charge in [-0.05, 0) is 152 Å². The Morgan fingerprint density at radius 3 is 2.06 bits per heavy atom. The van der Waals surface area contributed by atoms with Gasteiger partial charge in [-0.3, -0.25) is 24.0 Å². The van der Waals surface area contributed by atoms with Crippen LogP contribution in [-0.2, 0) is 33.8 Å². The summed E-state index contributed by atoms with van der Waals surface area (Å²) in [7, 11) is -3.03. The van der Waals surface area contributed by atoms with Crippen LogP contribution in [0.1, 0.15) is 151 Å². The van der Waals surface area contributed by atoms with Crippen molar-refractivity contribution < 1.29 is 42.2 Å². The van der Waals surface area contributed by atoms with Gasteiger partial charge in [0.15, 0.2) is 15.6 Å². The van der Waals surface area contributed by atoms with Crippen LogP contribution in [0.2, 0.25) is 0 Å². The largest absolute Gasteiger partial charge is 0.481 e. The van der Waals surface area contributed by atoms with Crippen molar-refractivity contribution in [1.82, 2.24) is 10.6 Å². The number of aliphatic carboxylic acids is 1. The van der Waals surface area contributed by atoms with Crippen LogP contribution in [-0.4, -0.2) is 84.8 Å². The van der Waals surface area contributed by atoms with Gasteiger partial charge in [0.05, 0.1) is 28.9 Å². The van der Waals surface area contributed by atoms with Crippen molar-refractivity contribution in [3.63, 3.8) is 0 Å². The SMILES string of the molecule is CC(C)C1=C2[C@H]3CC[C@@H]4[C@@]5(C)CC[C@H](OC(=O)C6C[C@@H](C(=O)O)C6(C)C)C(C)(C)[C@@H]5CC[C@@]4(C)[C@]3(C)CC[C@@]2(NC(=O)C(C)(C)NC(=O)c2ccc(N3CCS(=O)(=O)CC3)cc2)CC1=O. The van der Waals surface area contributed by atoms with Crippen molar-refractivity contribution in [3.8, 4) is 0 Å². The van der Waals surface area contributed by atoms with Crippen LogP contribution in [0.25, 0.3) is 0 Å². The molecule has 12 nitrogen and oxygen atoms in total. The lowest BCUT2D eigenvalue weighted by Gasteiger charge is -2.72. The zero-order chi connectivity index (χ0) is 47.7. The van der Waals surface area contributed by atoms with Gasteiger partial charge in [-0.25, -0.2) is 8.42 Å². The van der Waals surface area contributed by atoms with Crippen LogP contribution in [0.15, 0.2) is 35.4 Å². The van der Waals surface area contributed by atoms with Gasteiger partial charge >= 0.3 is 11.9 Å². The van der Waals surface area contributed by atoms with E-state index in [9.17, 15) is 37.5 Å². The van der Waals surface area contributed by atoms with Gasteiger partial charge < -0.3 is 25.4 Å². The fourth-order valence-corrected chi connectivity index (χ4v) is 16.7. The van der Waals surface area contributed by atoms with Crippen LogP contribution >= 0.6 is 0 Å². The van der Waals surface area contributed by atoms with E-state index in [2.05, 4.69) is 59.1 Å². The summed E-state index contributed by atoms with van der Waals surface area (Å²) in [5.41, 5.74) is -0.0134. The lowest BCUT2D eigenvalue weighted by molar-refractivity contribution is -0.235. The third kappa shape index (κ3) is 7.40. The second kappa shape index (κ2) is 15.7. The molecule has 1 unspecified atom stereocenters. The average Bonchev–Trinajstić information content (AvgIpc) is 3.50. The first-order valence-electron chi connectivity index (χ1n) is 24.5. The predicted octanol–water partition coefficient (Wildman–Crippen LogP) is 7.94. The number of sulfone groups is 1. The van der Waals surface area contributed by atoms with Crippen LogP contribution in [0.5, 0.6) is 0 Å². The van der Waals surface area contributed by atoms with Gasteiger partial charge in [0, 0.05) is 36.2 Å². The summed E-state index contributed by atoms with van der Waals surface area (Å²) in [6.45, 7) is 24.2. The highest BCUT2D eigenvalue weighted by atomic mass is 32.2. The Morgan fingerprint density at radius 2 is 1.46 bits per heavy atom. The van der Waals surface area contributed by atoms with Crippen molar-refractivity contribution in [2.45, 2.75) is 158 Å². The number of nitrogens with one attached hydrogen (secondary N) is 2. The molecule has 1 aliphatic heterocycles. The molecule has 0 radical (unpaired) electrons. The number of hydrogen-bond donors (Lipinski definition) is 3. The van der Waals surface area contributed by atoms with Crippen molar-refractivity contribution in [2.75, 3.05) is 29.5 Å². The Hall–Kier alpha value is -3.74. The maximum Gasteiger partial charge on any atom is 0.309 e. The van der Waals surface area contributed by atoms with E-state index in [1.54, 1.807) is 26.0 Å². The zero-order valence-corrected chi connectivity index (χ0v) is 41.6. The van der Waals surface area contributed by atoms with E-state index in [0.29, 0.717) is 43.3 Å². The molecule has 0 bridgehead atoms. The maximum absolute atomic E-state index is 14.6. The fourth-order valence-electron chi connectivity index (χ4n) is 15.5. The van der Waals surface area contributed by atoms with Crippen molar-refractivity contribution in [3.05, 3.63) is 41.0 Å². The number of ketones is 1. The lowest BCUT2D eigenvalue weighted by atomic mass is 9.33. The molecular weight excluding hydrogens is 843 g/mol. The molecule has 65 heavy (non-hydrogen) atoms. The lowest BCUT2D eigenvalue weighted by Crippen LogP contribution is -2.68. The van der Waals surface area contributed by atoms with Gasteiger partial charge in [0.1, 0.15) is 11.6 Å². The molecule has 1 aromatic rings. The number of hydrogen-bond acceptors (Lipinski definition) is 9. The molecule has 358 valence electrons. The van der Waals surface area contributed by atoms with E-state index in [-0.39, 0.29) is 75.2 Å². The number of Topliss-reactive ketones (excluding diaryl/α,β-unsaturated/α-hetero) is 1. The first-order chi connectivity index (χ1) is 30.0. The van der Waals surface area contributed by atoms with E-state index in [1.165, 1.54) is 0 Å². The van der Waals surface area contributed by atoms with E-state index in [1.807, 2.05) is 30.9 Å². The summed E-state index contributed by atoms with van der Waals surface area (Å²) in [5, 5.41) is 16.1. The Balaban J connectivity index is 0.995. The van der Waals surface area contributed by atoms with Gasteiger partial charge in [-0.1, -0.05) is 62.3 Å². The average molecular weight is 918 g/mol. The molecule has 6 aliphatic carbocycles. The minimum absolute atomic E-state index is 0.000318. The summed E-state index contributed by atoms with van der Waals surface area (Å²) < 4.78 is 30.3. The van der Waals surface area contributed by atoms with E-state index in [0.717, 1.165) is 61.8 Å². The number of ether oxygens (including phenoxy) is 1. The third-order valence-corrected chi connectivity index (χ3v) is 21.3. The van der Waals surface area contributed by atoms with E-state index in [4.69, 9.17) is 4.74 Å². The van der Waals surface area contributed by atoms with Gasteiger partial charge in [-0.2, -0.15) is 0 Å². The van der Waals surface area contributed by atoms with E-state index < -0.39 is 50.0 Å². The molecule has 6 fully saturated rings. The maximum atomic E-state index is 14.6. The first kappa shape index (κ1) is 47.7. The minimum atomic E-state index is -3.03. The summed E-state index contributed by atoms with van der Waals surface area (Å²) in [6, 6.07) is 7.04. The fraction of sp³-hybridized carbons (Fsp3) is 0.750. The number of carboxylic acids is 1. The standard InChI is InChI=1S/C52H75N3O9S/c1-30(2)40-36(56)29-52(54-45(61)48(7,8)53-42(57)31-12-14-32(15-13-31)55-24-26-65(62,63)27-25-55)23-22-50(10)33(41(40)52)16-17-38-49(9)20-19-39(47(5,6)37(49)18-21-51(38,50)11)64-44(60)35-28-34(43(58)59)46(35,3)4/h12-15,30,33-35,37-39H,16-29H2,1-11H3,(H,53,57)(H,54,61)(H,58,59)/t33-,34+,35?,37+,38-,39+,49+,50-,51-,52-/m1/s1. The number of allylic oxidation sites excluding steroid dienone is 1. The van der Waals surface area contributed by atoms with Crippen LogP contribution in [0, 0.1) is 62.6 Å². The molecule has 2 amide bonds. The molecule has 1 aromatic carbocycles. The third-order valence-electron chi connectivity index (χ3n) is 19.7. The molecule has 0 aromatic heterocycles. The summed E-state index contributed by atoms with van der Waals surface area (Å²) in [6.07, 6.45) is 7.44. The van der Waals surface area contributed by atoms with Crippen LogP contribution < -0.4 is 15.5 Å². The number of carbonyl (C=O) groups is 5. The highest BCUT2D eigenvalue weighted by Crippen LogP contribution is 2.76. The summed E-state index contributed by atoms with van der Waals surface area (Å²) in [5.74, 6) is -1.66. The van der Waals surface area contributed by atoms with Crippen molar-refractivity contribution in [1.29, 1.82) is 0 Å². The van der Waals surface area contributed by atoms with Crippen molar-refractivity contribution >= 4 is 45.1 Å². The van der Waals surface area contributed by atoms with Gasteiger partial charge in [0.25, 0.3) is 5.91 Å². The van der Waals surface area contributed by atoms with Crippen molar-refractivity contribution in [2.24, 2.45) is 62.6 Å². The number of amides is 2. The minimum Gasteiger partial charge on any atom is -0.481 e. The molecule has 5 saturated carbocycles. The zero-order valence-electron chi connectivity index (χ0n) is 40.8. The first-order valence-corrected chi connectivity index (χ1v) is 26.3. The highest BCUT2D eigenvalue weighted by Gasteiger charge is 2.71. The highest BCUT2D eigenvalue weighted by molar-refractivity contribution is 7.91. The number of anilines is 1. The molecule has 3 N–H and O–H groups in total. The van der Waals surface area contributed by atoms with E-state index >= 15 is 0 Å². The van der Waals surface area contributed by atoms with Crippen LogP contribution in [0.3, 0.4) is 0 Å². The second-order valence-corrected chi connectivity index (χ2v) is 26.6. The molecule has 1 heterocycles. The second-order valence-electron chi connectivity index (χ2n) is 24.3. The number of fused-ring (bicyclic) bond motifs is 7. The number of carboxylic acid groups (broad SMARTS) is 1. The quantitative estimate of drug-likeness (QED) is 0.206. The molecule has 1 saturated heterocycles. The van der Waals surface area contributed by atoms with Crippen LogP contribution in [0.4, 0.5) is 5.69 Å². The summed E-state index contributed by atoms with van der Waals surface area (Å²) >= 11 is 0. The Labute approximate surface area is 387 Å². The number of nitrogens with zero attached hydrogens (tertiary/aromatic N) is 1. The number of esters is 1. The predicted molar refractivity (Wildman–Crippen MR) is 250 cm³/mol.